The molecule has 21 heavy (non-hydrogen) atoms. The van der Waals surface area contributed by atoms with E-state index in [0.717, 1.165) is 34.9 Å². The summed E-state index contributed by atoms with van der Waals surface area (Å²) in [4.78, 5) is 4.76. The van der Waals surface area contributed by atoms with Gasteiger partial charge in [-0.15, -0.1) is 11.6 Å². The summed E-state index contributed by atoms with van der Waals surface area (Å²) in [5, 5.41) is -0.0864. The van der Waals surface area contributed by atoms with E-state index < -0.39 is 0 Å². The Balaban J connectivity index is 2.12. The standard InChI is InChI=1S/C17H23ClN2O/c1-4-13(9-12-5-6-12)20-16-10-14(21-3)7-8-15(16)19-17(20)11(2)18/h7-8,10-13H,4-6,9H2,1-3H3. The number of rotatable bonds is 6. The normalized spacial score (nSPS) is 17.9. The van der Waals surface area contributed by atoms with Crippen LogP contribution < -0.4 is 4.74 Å². The van der Waals surface area contributed by atoms with Gasteiger partial charge in [-0.3, -0.25) is 0 Å². The summed E-state index contributed by atoms with van der Waals surface area (Å²) < 4.78 is 7.73. The number of alkyl halides is 1. The summed E-state index contributed by atoms with van der Waals surface area (Å²) >= 11 is 6.39. The average Bonchev–Trinajstić information content (AvgIpc) is 3.22. The predicted octanol–water partition coefficient (Wildman–Crippen LogP) is 5.10. The van der Waals surface area contributed by atoms with Crippen LogP contribution in [0.4, 0.5) is 0 Å². The zero-order chi connectivity index (χ0) is 15.0. The van der Waals surface area contributed by atoms with Crippen molar-refractivity contribution in [3.63, 3.8) is 0 Å². The van der Waals surface area contributed by atoms with Gasteiger partial charge in [0, 0.05) is 12.1 Å². The van der Waals surface area contributed by atoms with Gasteiger partial charge in [-0.1, -0.05) is 19.8 Å². The molecule has 1 aromatic heterocycles. The Bertz CT molecular complexity index is 631. The molecule has 2 atom stereocenters. The molecular formula is C17H23ClN2O. The number of fused-ring (bicyclic) bond motifs is 1. The minimum Gasteiger partial charge on any atom is -0.497 e. The number of methoxy groups -OCH3 is 1. The minimum absolute atomic E-state index is 0.0864. The maximum Gasteiger partial charge on any atom is 0.127 e. The van der Waals surface area contributed by atoms with Gasteiger partial charge in [0.25, 0.3) is 0 Å². The largest absolute Gasteiger partial charge is 0.497 e. The SMILES string of the molecule is CCC(CC1CC1)n1c(C(C)Cl)nc2ccc(OC)cc21. The van der Waals surface area contributed by atoms with E-state index in [-0.39, 0.29) is 5.38 Å². The fraction of sp³-hybridized carbons (Fsp3) is 0.588. The summed E-state index contributed by atoms with van der Waals surface area (Å²) in [6.45, 7) is 4.25. The van der Waals surface area contributed by atoms with E-state index in [9.17, 15) is 0 Å². The summed E-state index contributed by atoms with van der Waals surface area (Å²) in [6, 6.07) is 6.55. The molecule has 4 heteroatoms. The van der Waals surface area contributed by atoms with Crippen molar-refractivity contribution in [3.8, 4) is 5.75 Å². The van der Waals surface area contributed by atoms with E-state index >= 15 is 0 Å². The van der Waals surface area contributed by atoms with Crippen LogP contribution in [0.3, 0.4) is 0 Å². The lowest BCUT2D eigenvalue weighted by Gasteiger charge is -2.21. The Morgan fingerprint density at radius 1 is 1.43 bits per heavy atom. The smallest absolute Gasteiger partial charge is 0.127 e. The predicted molar refractivity (Wildman–Crippen MR) is 87.2 cm³/mol. The van der Waals surface area contributed by atoms with Gasteiger partial charge in [0.2, 0.25) is 0 Å². The van der Waals surface area contributed by atoms with E-state index in [4.69, 9.17) is 21.3 Å². The topological polar surface area (TPSA) is 27.1 Å². The highest BCUT2D eigenvalue weighted by molar-refractivity contribution is 6.20. The molecule has 2 unspecified atom stereocenters. The van der Waals surface area contributed by atoms with Crippen LogP contribution in [0.25, 0.3) is 11.0 Å². The molecular weight excluding hydrogens is 284 g/mol. The van der Waals surface area contributed by atoms with Crippen molar-refractivity contribution in [1.82, 2.24) is 9.55 Å². The van der Waals surface area contributed by atoms with E-state index in [0.29, 0.717) is 6.04 Å². The molecule has 3 rings (SSSR count). The molecule has 1 aliphatic rings. The first kappa shape index (κ1) is 14.7. The summed E-state index contributed by atoms with van der Waals surface area (Å²) in [5.74, 6) is 2.74. The third kappa shape index (κ3) is 2.89. The van der Waals surface area contributed by atoms with Gasteiger partial charge in [-0.25, -0.2) is 4.98 Å². The zero-order valence-electron chi connectivity index (χ0n) is 13.0. The Morgan fingerprint density at radius 3 is 2.76 bits per heavy atom. The Morgan fingerprint density at radius 2 is 2.19 bits per heavy atom. The van der Waals surface area contributed by atoms with Crippen molar-refractivity contribution in [2.75, 3.05) is 7.11 Å². The van der Waals surface area contributed by atoms with E-state index in [1.54, 1.807) is 7.11 Å². The number of imidazole rings is 1. The van der Waals surface area contributed by atoms with Crippen molar-refractivity contribution in [2.24, 2.45) is 5.92 Å². The second-order valence-corrected chi connectivity index (χ2v) is 6.71. The Kier molecular flexibility index (Phi) is 4.12. The molecule has 0 amide bonds. The van der Waals surface area contributed by atoms with Crippen LogP contribution in [-0.4, -0.2) is 16.7 Å². The number of hydrogen-bond acceptors (Lipinski definition) is 2. The first-order valence-electron chi connectivity index (χ1n) is 7.84. The molecule has 1 aliphatic carbocycles. The van der Waals surface area contributed by atoms with Crippen LogP contribution in [0.15, 0.2) is 18.2 Å². The molecule has 0 spiro atoms. The molecule has 1 saturated carbocycles. The number of nitrogens with zero attached hydrogens (tertiary/aromatic N) is 2. The molecule has 1 fully saturated rings. The molecule has 0 bridgehead atoms. The third-order valence-electron chi connectivity index (χ3n) is 4.42. The number of halogens is 1. The molecule has 1 heterocycles. The van der Waals surface area contributed by atoms with Crippen molar-refractivity contribution in [1.29, 1.82) is 0 Å². The van der Waals surface area contributed by atoms with Crippen LogP contribution in [0.2, 0.25) is 0 Å². The molecule has 0 N–H and O–H groups in total. The molecule has 1 aromatic carbocycles. The van der Waals surface area contributed by atoms with Gasteiger partial charge in [0.1, 0.15) is 11.6 Å². The minimum atomic E-state index is -0.0864. The van der Waals surface area contributed by atoms with Gasteiger partial charge in [-0.2, -0.15) is 0 Å². The maximum absolute atomic E-state index is 6.39. The lowest BCUT2D eigenvalue weighted by molar-refractivity contribution is 0.412. The van der Waals surface area contributed by atoms with E-state index in [1.165, 1.54) is 19.3 Å². The molecule has 0 aliphatic heterocycles. The van der Waals surface area contributed by atoms with Gasteiger partial charge in [0.05, 0.1) is 23.5 Å². The first-order chi connectivity index (χ1) is 10.1. The molecule has 114 valence electrons. The zero-order valence-corrected chi connectivity index (χ0v) is 13.7. The van der Waals surface area contributed by atoms with Gasteiger partial charge in [-0.05, 0) is 37.8 Å². The number of aromatic nitrogens is 2. The van der Waals surface area contributed by atoms with Crippen LogP contribution >= 0.6 is 11.6 Å². The van der Waals surface area contributed by atoms with Crippen molar-refractivity contribution >= 4 is 22.6 Å². The quantitative estimate of drug-likeness (QED) is 0.695. The highest BCUT2D eigenvalue weighted by Gasteiger charge is 2.28. The molecule has 0 saturated heterocycles. The van der Waals surface area contributed by atoms with Crippen LogP contribution in [0, 0.1) is 5.92 Å². The summed E-state index contributed by atoms with van der Waals surface area (Å²) in [7, 11) is 1.70. The first-order valence-corrected chi connectivity index (χ1v) is 8.27. The van der Waals surface area contributed by atoms with Crippen molar-refractivity contribution in [3.05, 3.63) is 24.0 Å². The van der Waals surface area contributed by atoms with Crippen LogP contribution in [0.5, 0.6) is 5.75 Å². The molecule has 3 nitrogen and oxygen atoms in total. The third-order valence-corrected chi connectivity index (χ3v) is 4.61. The van der Waals surface area contributed by atoms with Gasteiger partial charge < -0.3 is 9.30 Å². The lowest BCUT2D eigenvalue weighted by Crippen LogP contribution is -2.13. The van der Waals surface area contributed by atoms with Crippen molar-refractivity contribution < 1.29 is 4.74 Å². The highest BCUT2D eigenvalue weighted by atomic mass is 35.5. The number of ether oxygens (including phenoxy) is 1. The van der Waals surface area contributed by atoms with Crippen LogP contribution in [-0.2, 0) is 0 Å². The fourth-order valence-electron chi connectivity index (χ4n) is 3.08. The second-order valence-electron chi connectivity index (χ2n) is 6.05. The summed E-state index contributed by atoms with van der Waals surface area (Å²) in [6.07, 6.45) is 5.09. The Labute approximate surface area is 131 Å². The van der Waals surface area contributed by atoms with Gasteiger partial charge >= 0.3 is 0 Å². The van der Waals surface area contributed by atoms with Crippen molar-refractivity contribution in [2.45, 2.75) is 50.9 Å². The van der Waals surface area contributed by atoms with Gasteiger partial charge in [0.15, 0.2) is 0 Å². The maximum atomic E-state index is 6.39. The van der Waals surface area contributed by atoms with E-state index in [1.807, 2.05) is 19.1 Å². The molecule has 2 aromatic rings. The fourth-order valence-corrected chi connectivity index (χ4v) is 3.23. The average molecular weight is 307 g/mol. The number of hydrogen-bond donors (Lipinski definition) is 0. The molecule has 0 radical (unpaired) electrons. The number of benzene rings is 1. The summed E-state index contributed by atoms with van der Waals surface area (Å²) in [5.41, 5.74) is 2.15. The highest BCUT2D eigenvalue weighted by Crippen LogP contribution is 2.40. The Hall–Kier alpha value is -1.22. The van der Waals surface area contributed by atoms with E-state index in [2.05, 4.69) is 17.6 Å². The monoisotopic (exact) mass is 306 g/mol. The lowest BCUT2D eigenvalue weighted by atomic mass is 10.1. The van der Waals surface area contributed by atoms with Crippen LogP contribution in [0.1, 0.15) is 56.8 Å². The second kappa shape index (κ2) is 5.88.